The summed E-state index contributed by atoms with van der Waals surface area (Å²) >= 11 is 0. The molecule has 1 fully saturated rings. The average Bonchev–Trinajstić information content (AvgIpc) is 2.97. The standard InChI is InChI=1S/C31H33N5O4/c1-4-22-6-5-7-25(16-22)34-31-24(20-32)21-33-27-19-29(40-15-14-39-3)28(18-26(27)31)35-30(37)17-23-8-10-36(11-9-23)12-13-38-2/h1,5-7,16-19,21H,8-15H2,2-3H3,(H,33,34)(H,35,37). The number of terminal acetylenes is 1. The first-order valence-electron chi connectivity index (χ1n) is 13.1. The van der Waals surface area contributed by atoms with Crippen molar-refractivity contribution in [1.29, 1.82) is 5.26 Å². The molecular formula is C31H33N5O4. The molecule has 0 unspecified atom stereocenters. The van der Waals surface area contributed by atoms with Gasteiger partial charge in [0.05, 0.1) is 35.7 Å². The molecule has 9 heteroatoms. The second-order valence-electron chi connectivity index (χ2n) is 9.34. The molecular weight excluding hydrogens is 506 g/mol. The molecule has 3 aromatic rings. The van der Waals surface area contributed by atoms with Crippen LogP contribution in [0.15, 0.2) is 54.2 Å². The number of carbonyl (C=O) groups excluding carboxylic acids is 1. The zero-order valence-electron chi connectivity index (χ0n) is 22.8. The fourth-order valence-corrected chi connectivity index (χ4v) is 4.51. The van der Waals surface area contributed by atoms with Crippen molar-refractivity contribution in [1.82, 2.24) is 9.88 Å². The minimum absolute atomic E-state index is 0.239. The third kappa shape index (κ3) is 7.37. The SMILES string of the molecule is C#Cc1cccc(Nc2c(C#N)cnc3cc(OCCOC)c(NC(=O)C=C4CCN(CCOC)CC4)cc23)c1. The van der Waals surface area contributed by atoms with Crippen molar-refractivity contribution < 1.29 is 19.0 Å². The summed E-state index contributed by atoms with van der Waals surface area (Å²) < 4.78 is 16.2. The number of hydrogen-bond acceptors (Lipinski definition) is 8. The number of likely N-dealkylation sites (tertiary alicyclic amines) is 1. The molecule has 206 valence electrons. The number of anilines is 3. The third-order valence-electron chi connectivity index (χ3n) is 6.64. The number of aromatic nitrogens is 1. The van der Waals surface area contributed by atoms with Crippen LogP contribution in [0.2, 0.25) is 0 Å². The topological polar surface area (TPSA) is 109 Å². The molecule has 1 aliphatic heterocycles. The van der Waals surface area contributed by atoms with Crippen LogP contribution >= 0.6 is 0 Å². The number of piperidine rings is 1. The molecule has 2 aromatic carbocycles. The van der Waals surface area contributed by atoms with Gasteiger partial charge in [0.15, 0.2) is 0 Å². The van der Waals surface area contributed by atoms with Crippen LogP contribution in [-0.4, -0.2) is 69.5 Å². The van der Waals surface area contributed by atoms with Crippen molar-refractivity contribution in [2.24, 2.45) is 0 Å². The Labute approximate surface area is 234 Å². The summed E-state index contributed by atoms with van der Waals surface area (Å²) in [6.45, 7) is 4.04. The summed E-state index contributed by atoms with van der Waals surface area (Å²) in [5, 5.41) is 16.8. The highest BCUT2D eigenvalue weighted by molar-refractivity contribution is 6.05. The highest BCUT2D eigenvalue weighted by atomic mass is 16.5. The molecule has 1 saturated heterocycles. The van der Waals surface area contributed by atoms with Crippen molar-refractivity contribution in [3.05, 3.63) is 65.4 Å². The fourth-order valence-electron chi connectivity index (χ4n) is 4.51. The molecule has 0 bridgehead atoms. The molecule has 0 aliphatic carbocycles. The fraction of sp³-hybridized carbons (Fsp3) is 0.323. The molecule has 0 spiro atoms. The molecule has 0 radical (unpaired) electrons. The van der Waals surface area contributed by atoms with Gasteiger partial charge in [0.25, 0.3) is 0 Å². The van der Waals surface area contributed by atoms with Crippen molar-refractivity contribution in [3.63, 3.8) is 0 Å². The van der Waals surface area contributed by atoms with E-state index < -0.39 is 0 Å². The highest BCUT2D eigenvalue weighted by Crippen LogP contribution is 2.36. The molecule has 1 aliphatic rings. The van der Waals surface area contributed by atoms with Crippen LogP contribution in [0.3, 0.4) is 0 Å². The van der Waals surface area contributed by atoms with Crippen molar-refractivity contribution in [2.75, 3.05) is 64.3 Å². The normalized spacial score (nSPS) is 13.3. The molecule has 1 aromatic heterocycles. The van der Waals surface area contributed by atoms with Crippen LogP contribution < -0.4 is 15.4 Å². The number of carbonyl (C=O) groups is 1. The molecule has 0 saturated carbocycles. The van der Waals surface area contributed by atoms with E-state index in [4.69, 9.17) is 20.6 Å². The number of nitrogens with zero attached hydrogens (tertiary/aromatic N) is 3. The quantitative estimate of drug-likeness (QED) is 0.209. The minimum Gasteiger partial charge on any atom is -0.489 e. The van der Waals surface area contributed by atoms with Crippen LogP contribution in [0, 0.1) is 23.7 Å². The maximum Gasteiger partial charge on any atom is 0.248 e. The van der Waals surface area contributed by atoms with Crippen LogP contribution in [0.25, 0.3) is 10.9 Å². The third-order valence-corrected chi connectivity index (χ3v) is 6.64. The van der Waals surface area contributed by atoms with Gasteiger partial charge in [-0.15, -0.1) is 6.42 Å². The summed E-state index contributed by atoms with van der Waals surface area (Å²) in [4.78, 5) is 19.9. The lowest BCUT2D eigenvalue weighted by Gasteiger charge is -2.27. The Bertz CT molecular complexity index is 1460. The second-order valence-corrected chi connectivity index (χ2v) is 9.34. The smallest absolute Gasteiger partial charge is 0.248 e. The second kappa shape index (κ2) is 14.1. The van der Waals surface area contributed by atoms with Crippen LogP contribution in [0.5, 0.6) is 5.75 Å². The summed E-state index contributed by atoms with van der Waals surface area (Å²) in [6, 6.07) is 13.1. The Morgan fingerprint density at radius 3 is 2.67 bits per heavy atom. The number of methoxy groups -OCH3 is 2. The lowest BCUT2D eigenvalue weighted by Crippen LogP contribution is -2.33. The highest BCUT2D eigenvalue weighted by Gasteiger charge is 2.18. The van der Waals surface area contributed by atoms with Gasteiger partial charge in [0.1, 0.15) is 18.4 Å². The van der Waals surface area contributed by atoms with Crippen LogP contribution in [0.1, 0.15) is 24.0 Å². The lowest BCUT2D eigenvalue weighted by molar-refractivity contribution is -0.112. The Kier molecular flexibility index (Phi) is 10.1. The summed E-state index contributed by atoms with van der Waals surface area (Å²) in [5.41, 5.74) is 4.52. The predicted molar refractivity (Wildman–Crippen MR) is 156 cm³/mol. The van der Waals surface area contributed by atoms with Gasteiger partial charge < -0.3 is 29.7 Å². The first-order chi connectivity index (χ1) is 19.5. The Hall–Kier alpha value is -4.41. The van der Waals surface area contributed by atoms with Gasteiger partial charge in [-0.05, 0) is 37.1 Å². The molecule has 2 N–H and O–H groups in total. The Morgan fingerprint density at radius 2 is 1.95 bits per heavy atom. The largest absolute Gasteiger partial charge is 0.489 e. The van der Waals surface area contributed by atoms with Gasteiger partial charge in [0.2, 0.25) is 5.91 Å². The van der Waals surface area contributed by atoms with E-state index in [1.807, 2.05) is 24.3 Å². The van der Waals surface area contributed by atoms with Gasteiger partial charge in [-0.1, -0.05) is 17.6 Å². The maximum atomic E-state index is 13.1. The number of pyridine rings is 1. The zero-order valence-corrected chi connectivity index (χ0v) is 22.8. The van der Waals surface area contributed by atoms with Gasteiger partial charge in [-0.3, -0.25) is 9.78 Å². The van der Waals surface area contributed by atoms with E-state index >= 15 is 0 Å². The van der Waals surface area contributed by atoms with E-state index in [9.17, 15) is 10.1 Å². The summed E-state index contributed by atoms with van der Waals surface area (Å²) in [7, 11) is 3.30. The van der Waals surface area contributed by atoms with Crippen LogP contribution in [0.4, 0.5) is 17.1 Å². The Balaban J connectivity index is 1.65. The van der Waals surface area contributed by atoms with Crippen molar-refractivity contribution in [3.8, 4) is 24.2 Å². The zero-order chi connectivity index (χ0) is 28.3. The van der Waals surface area contributed by atoms with E-state index in [0.717, 1.165) is 43.7 Å². The first kappa shape index (κ1) is 28.6. The van der Waals surface area contributed by atoms with Crippen LogP contribution in [-0.2, 0) is 14.3 Å². The molecule has 9 nitrogen and oxygen atoms in total. The summed E-state index contributed by atoms with van der Waals surface area (Å²) in [5.74, 6) is 2.84. The molecule has 2 heterocycles. The van der Waals surface area contributed by atoms with Crippen molar-refractivity contribution >= 4 is 33.9 Å². The number of fused-ring (bicyclic) bond motifs is 1. The number of hydrogen-bond donors (Lipinski definition) is 2. The van der Waals surface area contributed by atoms with Gasteiger partial charge in [-0.2, -0.15) is 5.26 Å². The number of ether oxygens (including phenoxy) is 3. The number of benzene rings is 2. The maximum absolute atomic E-state index is 13.1. The number of nitrogens with one attached hydrogen (secondary N) is 2. The first-order valence-corrected chi connectivity index (χ1v) is 13.1. The molecule has 0 atom stereocenters. The van der Waals surface area contributed by atoms with Crippen molar-refractivity contribution in [2.45, 2.75) is 12.8 Å². The summed E-state index contributed by atoms with van der Waals surface area (Å²) in [6.07, 6.45) is 10.4. The average molecular weight is 540 g/mol. The minimum atomic E-state index is -0.239. The Morgan fingerprint density at radius 1 is 1.15 bits per heavy atom. The monoisotopic (exact) mass is 539 g/mol. The number of nitriles is 1. The molecule has 1 amide bonds. The van der Waals surface area contributed by atoms with E-state index in [1.165, 1.54) is 6.20 Å². The van der Waals surface area contributed by atoms with E-state index in [-0.39, 0.29) is 5.91 Å². The molecule has 4 rings (SSSR count). The number of amides is 1. The number of rotatable bonds is 11. The lowest BCUT2D eigenvalue weighted by atomic mass is 10.0. The van der Waals surface area contributed by atoms with E-state index in [0.29, 0.717) is 59.0 Å². The van der Waals surface area contributed by atoms with Gasteiger partial charge in [0, 0.05) is 68.8 Å². The van der Waals surface area contributed by atoms with E-state index in [2.05, 4.69) is 32.5 Å². The van der Waals surface area contributed by atoms with E-state index in [1.54, 1.807) is 32.4 Å². The predicted octanol–water partition coefficient (Wildman–Crippen LogP) is 4.46. The van der Waals surface area contributed by atoms with Gasteiger partial charge in [-0.25, -0.2) is 0 Å². The van der Waals surface area contributed by atoms with Gasteiger partial charge >= 0.3 is 0 Å². The molecule has 40 heavy (non-hydrogen) atoms.